The van der Waals surface area contributed by atoms with Crippen LogP contribution in [0.25, 0.3) is 0 Å². The van der Waals surface area contributed by atoms with Crippen LogP contribution >= 0.6 is 0 Å². The highest BCUT2D eigenvalue weighted by Crippen LogP contribution is 2.33. The van der Waals surface area contributed by atoms with Crippen molar-refractivity contribution in [2.45, 2.75) is 25.1 Å². The summed E-state index contributed by atoms with van der Waals surface area (Å²) < 4.78 is 39.1. The van der Waals surface area contributed by atoms with E-state index < -0.39 is 17.8 Å². The third kappa shape index (κ3) is 4.32. The summed E-state index contributed by atoms with van der Waals surface area (Å²) in [5.41, 5.74) is 0.279. The number of hydrogen-bond donors (Lipinski definition) is 0. The monoisotopic (exact) mass is 445 g/mol. The van der Waals surface area contributed by atoms with Gasteiger partial charge in [0.05, 0.1) is 5.56 Å². The molecule has 32 heavy (non-hydrogen) atoms. The number of carbonyl (C=O) groups is 3. The summed E-state index contributed by atoms with van der Waals surface area (Å²) in [4.78, 5) is 42.6. The van der Waals surface area contributed by atoms with Gasteiger partial charge < -0.3 is 9.80 Å². The fourth-order valence-corrected chi connectivity index (χ4v) is 4.16. The number of likely N-dealkylation sites (tertiary alicyclic amines) is 1. The Hall–Kier alpha value is -3.36. The lowest BCUT2D eigenvalue weighted by Gasteiger charge is -2.39. The maximum Gasteiger partial charge on any atom is 0.416 e. The van der Waals surface area contributed by atoms with Crippen LogP contribution in [0.3, 0.4) is 0 Å². The van der Waals surface area contributed by atoms with Gasteiger partial charge in [0, 0.05) is 44.7 Å². The summed E-state index contributed by atoms with van der Waals surface area (Å²) in [5, 5.41) is 0. The molecule has 3 amide bonds. The standard InChI is InChI=1S/C23H22F3N3O3/c24-23(25,26)17-7-4-8-18(15-17)27-11-13-28(14-12-27)22(32)21(16-5-2-1-3-6-16)29-19(30)9-10-20(29)31/h1-8,15,21H,9-14H2/t21-/m0/s1. The Morgan fingerprint density at radius 2 is 1.47 bits per heavy atom. The first-order chi connectivity index (χ1) is 15.3. The quantitative estimate of drug-likeness (QED) is 0.678. The number of carbonyl (C=O) groups excluding carboxylic acids is 3. The summed E-state index contributed by atoms with van der Waals surface area (Å²) >= 11 is 0. The molecule has 2 aliphatic heterocycles. The molecule has 0 aromatic heterocycles. The van der Waals surface area contributed by atoms with E-state index in [0.717, 1.165) is 17.0 Å². The molecule has 2 heterocycles. The highest BCUT2D eigenvalue weighted by Gasteiger charge is 2.42. The van der Waals surface area contributed by atoms with Crippen molar-refractivity contribution in [3.63, 3.8) is 0 Å². The van der Waals surface area contributed by atoms with Gasteiger partial charge in [-0.15, -0.1) is 0 Å². The lowest BCUT2D eigenvalue weighted by Crippen LogP contribution is -2.53. The van der Waals surface area contributed by atoms with E-state index in [0.29, 0.717) is 24.3 Å². The molecule has 0 bridgehead atoms. The highest BCUT2D eigenvalue weighted by molar-refractivity contribution is 6.05. The predicted octanol–water partition coefficient (Wildman–Crippen LogP) is 3.24. The molecular formula is C23H22F3N3O3. The van der Waals surface area contributed by atoms with E-state index in [1.807, 2.05) is 0 Å². The molecule has 1 atom stereocenters. The van der Waals surface area contributed by atoms with Crippen LogP contribution in [0.15, 0.2) is 54.6 Å². The van der Waals surface area contributed by atoms with Crippen molar-refractivity contribution in [2.75, 3.05) is 31.1 Å². The highest BCUT2D eigenvalue weighted by atomic mass is 19.4. The zero-order valence-electron chi connectivity index (χ0n) is 17.2. The Kier molecular flexibility index (Phi) is 5.90. The van der Waals surface area contributed by atoms with Gasteiger partial charge >= 0.3 is 6.18 Å². The van der Waals surface area contributed by atoms with Crippen LogP contribution < -0.4 is 4.90 Å². The van der Waals surface area contributed by atoms with Gasteiger partial charge in [0.1, 0.15) is 6.04 Å². The maximum absolute atomic E-state index is 13.4. The fraction of sp³-hybridized carbons (Fsp3) is 0.348. The molecule has 0 saturated carbocycles. The lowest BCUT2D eigenvalue weighted by molar-refractivity contribution is -0.151. The van der Waals surface area contributed by atoms with Gasteiger partial charge in [0.25, 0.3) is 5.91 Å². The molecule has 2 saturated heterocycles. The van der Waals surface area contributed by atoms with E-state index in [9.17, 15) is 27.6 Å². The SMILES string of the molecule is O=C([C@H](c1ccccc1)N1C(=O)CCC1=O)N1CCN(c2cccc(C(F)(F)F)c2)CC1. The van der Waals surface area contributed by atoms with Crippen molar-refractivity contribution in [1.82, 2.24) is 9.80 Å². The van der Waals surface area contributed by atoms with Crippen LogP contribution in [0.2, 0.25) is 0 Å². The number of halogens is 3. The number of benzene rings is 2. The Bertz CT molecular complexity index is 1000. The van der Waals surface area contributed by atoms with E-state index in [2.05, 4.69) is 0 Å². The Labute approximate surface area is 183 Å². The zero-order chi connectivity index (χ0) is 22.9. The normalized spacial score (nSPS) is 18.3. The molecule has 168 valence electrons. The van der Waals surface area contributed by atoms with Crippen molar-refractivity contribution in [3.05, 3.63) is 65.7 Å². The van der Waals surface area contributed by atoms with Gasteiger partial charge in [-0.2, -0.15) is 13.2 Å². The van der Waals surface area contributed by atoms with Crippen LogP contribution in [-0.2, 0) is 20.6 Å². The number of imide groups is 1. The van der Waals surface area contributed by atoms with Crippen molar-refractivity contribution in [1.29, 1.82) is 0 Å². The van der Waals surface area contributed by atoms with Crippen LogP contribution in [-0.4, -0.2) is 53.7 Å². The topological polar surface area (TPSA) is 60.9 Å². The summed E-state index contributed by atoms with van der Waals surface area (Å²) in [5.74, 6) is -1.11. The number of anilines is 1. The maximum atomic E-state index is 13.4. The second-order valence-electron chi connectivity index (χ2n) is 7.83. The zero-order valence-corrected chi connectivity index (χ0v) is 17.2. The molecule has 0 unspecified atom stereocenters. The smallest absolute Gasteiger partial charge is 0.368 e. The molecule has 0 N–H and O–H groups in total. The molecule has 2 aliphatic rings. The first kappa shape index (κ1) is 21.9. The van der Waals surface area contributed by atoms with E-state index in [4.69, 9.17) is 0 Å². The lowest BCUT2D eigenvalue weighted by atomic mass is 10.0. The molecular weight excluding hydrogens is 423 g/mol. The van der Waals surface area contributed by atoms with Gasteiger partial charge in [-0.25, -0.2) is 0 Å². The van der Waals surface area contributed by atoms with Crippen LogP contribution in [0, 0.1) is 0 Å². The van der Waals surface area contributed by atoms with Crippen molar-refractivity contribution < 1.29 is 27.6 Å². The molecule has 4 rings (SSSR count). The summed E-state index contributed by atoms with van der Waals surface area (Å²) in [6.07, 6.45) is -4.26. The second kappa shape index (κ2) is 8.64. The van der Waals surface area contributed by atoms with Crippen molar-refractivity contribution in [3.8, 4) is 0 Å². The molecule has 2 aromatic carbocycles. The minimum Gasteiger partial charge on any atom is -0.368 e. The number of piperazine rings is 1. The van der Waals surface area contributed by atoms with Crippen molar-refractivity contribution in [2.24, 2.45) is 0 Å². The van der Waals surface area contributed by atoms with Gasteiger partial charge in [-0.05, 0) is 23.8 Å². The van der Waals surface area contributed by atoms with E-state index in [1.165, 1.54) is 6.07 Å². The van der Waals surface area contributed by atoms with Gasteiger partial charge in [-0.1, -0.05) is 36.4 Å². The predicted molar refractivity (Wildman–Crippen MR) is 111 cm³/mol. The van der Waals surface area contributed by atoms with E-state index >= 15 is 0 Å². The summed E-state index contributed by atoms with van der Waals surface area (Å²) in [6, 6.07) is 12.8. The summed E-state index contributed by atoms with van der Waals surface area (Å²) in [7, 11) is 0. The van der Waals surface area contributed by atoms with Gasteiger partial charge in [0.15, 0.2) is 0 Å². The Morgan fingerprint density at radius 3 is 2.06 bits per heavy atom. The number of hydrogen-bond acceptors (Lipinski definition) is 4. The average Bonchev–Trinajstić information content (AvgIpc) is 3.12. The molecule has 2 fully saturated rings. The average molecular weight is 445 g/mol. The molecule has 6 nitrogen and oxygen atoms in total. The fourth-order valence-electron chi connectivity index (χ4n) is 4.16. The molecule has 9 heteroatoms. The third-order valence-electron chi connectivity index (χ3n) is 5.83. The van der Waals surface area contributed by atoms with Gasteiger partial charge in [0.2, 0.25) is 11.8 Å². The number of amides is 3. The van der Waals surface area contributed by atoms with Crippen molar-refractivity contribution >= 4 is 23.4 Å². The number of rotatable bonds is 4. The van der Waals surface area contributed by atoms with E-state index in [1.54, 1.807) is 46.2 Å². The van der Waals surface area contributed by atoms with Crippen LogP contribution in [0.4, 0.5) is 18.9 Å². The van der Waals surface area contributed by atoms with Crippen LogP contribution in [0.1, 0.15) is 30.0 Å². The molecule has 2 aromatic rings. The Morgan fingerprint density at radius 1 is 0.844 bits per heavy atom. The first-order valence-corrected chi connectivity index (χ1v) is 10.4. The third-order valence-corrected chi connectivity index (χ3v) is 5.83. The van der Waals surface area contributed by atoms with Crippen LogP contribution in [0.5, 0.6) is 0 Å². The Balaban J connectivity index is 1.51. The number of nitrogens with zero attached hydrogens (tertiary/aromatic N) is 3. The molecule has 0 spiro atoms. The first-order valence-electron chi connectivity index (χ1n) is 10.4. The summed E-state index contributed by atoms with van der Waals surface area (Å²) in [6.45, 7) is 1.23. The number of alkyl halides is 3. The minimum absolute atomic E-state index is 0.0821. The van der Waals surface area contributed by atoms with E-state index in [-0.39, 0.29) is 43.7 Å². The largest absolute Gasteiger partial charge is 0.416 e. The van der Waals surface area contributed by atoms with Gasteiger partial charge in [-0.3, -0.25) is 19.3 Å². The second-order valence-corrected chi connectivity index (χ2v) is 7.83. The minimum atomic E-state index is -4.43. The molecule has 0 radical (unpaired) electrons. The molecule has 0 aliphatic carbocycles.